The van der Waals surface area contributed by atoms with E-state index in [9.17, 15) is 9.59 Å². The number of hydrogen-bond acceptors (Lipinski definition) is 5. The van der Waals surface area contributed by atoms with Crippen molar-refractivity contribution in [1.82, 2.24) is 10.3 Å². The Kier molecular flexibility index (Phi) is 6.56. The number of anilines is 1. The Bertz CT molecular complexity index is 1150. The van der Waals surface area contributed by atoms with E-state index in [1.165, 1.54) is 0 Å². The van der Waals surface area contributed by atoms with E-state index in [4.69, 9.17) is 21.1 Å². The summed E-state index contributed by atoms with van der Waals surface area (Å²) in [6.07, 6.45) is 2.31. The van der Waals surface area contributed by atoms with E-state index in [0.29, 0.717) is 41.5 Å². The average molecular weight is 452 g/mol. The molecular formula is C24H22ClN3O4. The topological polar surface area (TPSA) is 80.8 Å². The van der Waals surface area contributed by atoms with Gasteiger partial charge in [-0.25, -0.2) is 4.98 Å². The molecule has 1 aliphatic rings. The molecule has 0 fully saturated rings. The van der Waals surface area contributed by atoms with Gasteiger partial charge in [-0.1, -0.05) is 23.7 Å². The molecule has 0 saturated carbocycles. The summed E-state index contributed by atoms with van der Waals surface area (Å²) in [7, 11) is 1.60. The van der Waals surface area contributed by atoms with Gasteiger partial charge in [-0.15, -0.1) is 0 Å². The van der Waals surface area contributed by atoms with E-state index in [2.05, 4.69) is 10.3 Å². The van der Waals surface area contributed by atoms with Gasteiger partial charge < -0.3 is 19.7 Å². The van der Waals surface area contributed by atoms with Crippen molar-refractivity contribution in [2.45, 2.75) is 19.4 Å². The molecule has 2 heterocycles. The summed E-state index contributed by atoms with van der Waals surface area (Å²) in [4.78, 5) is 31.3. The van der Waals surface area contributed by atoms with Crippen LogP contribution in [0.5, 0.6) is 17.4 Å². The summed E-state index contributed by atoms with van der Waals surface area (Å²) in [5, 5.41) is 3.39. The summed E-state index contributed by atoms with van der Waals surface area (Å²) in [5.41, 5.74) is 1.87. The number of ether oxygens (including phenoxy) is 2. The van der Waals surface area contributed by atoms with Gasteiger partial charge in [-0.05, 0) is 54.4 Å². The fourth-order valence-electron chi connectivity index (χ4n) is 3.47. The number of aromatic nitrogens is 1. The van der Waals surface area contributed by atoms with E-state index >= 15 is 0 Å². The Morgan fingerprint density at radius 3 is 2.91 bits per heavy atom. The molecule has 2 aromatic carbocycles. The maximum Gasteiger partial charge on any atom is 0.263 e. The highest BCUT2D eigenvalue weighted by Gasteiger charge is 2.29. The number of fused-ring (bicyclic) bond motifs is 2. The third-order valence-corrected chi connectivity index (χ3v) is 5.31. The second kappa shape index (κ2) is 9.70. The van der Waals surface area contributed by atoms with E-state index in [1.54, 1.807) is 48.5 Å². The van der Waals surface area contributed by atoms with Crippen LogP contribution in [-0.2, 0) is 11.3 Å². The van der Waals surface area contributed by atoms with E-state index in [0.717, 1.165) is 11.3 Å². The maximum absolute atomic E-state index is 13.2. The van der Waals surface area contributed by atoms with Gasteiger partial charge in [0.1, 0.15) is 11.3 Å². The lowest BCUT2D eigenvalue weighted by Crippen LogP contribution is -2.32. The van der Waals surface area contributed by atoms with Crippen molar-refractivity contribution in [3.8, 4) is 17.4 Å². The van der Waals surface area contributed by atoms with Crippen LogP contribution in [0.15, 0.2) is 60.8 Å². The predicted molar refractivity (Wildman–Crippen MR) is 122 cm³/mol. The van der Waals surface area contributed by atoms with E-state index in [1.807, 2.05) is 24.3 Å². The molecule has 1 aliphatic heterocycles. The number of amides is 2. The molecule has 0 aliphatic carbocycles. The van der Waals surface area contributed by atoms with Crippen LogP contribution in [0.2, 0.25) is 5.02 Å². The zero-order valence-electron chi connectivity index (χ0n) is 17.5. The molecule has 4 rings (SSSR count). The highest BCUT2D eigenvalue weighted by atomic mass is 35.5. The Morgan fingerprint density at radius 2 is 2.06 bits per heavy atom. The first-order valence-electron chi connectivity index (χ1n) is 10.2. The minimum atomic E-state index is -0.245. The first kappa shape index (κ1) is 21.6. The number of benzene rings is 2. The van der Waals surface area contributed by atoms with Gasteiger partial charge in [0.15, 0.2) is 5.75 Å². The average Bonchev–Trinajstić information content (AvgIpc) is 2.92. The van der Waals surface area contributed by atoms with Crippen molar-refractivity contribution in [1.29, 1.82) is 0 Å². The highest BCUT2D eigenvalue weighted by Crippen LogP contribution is 2.39. The van der Waals surface area contributed by atoms with Gasteiger partial charge in [-0.3, -0.25) is 9.59 Å². The lowest BCUT2D eigenvalue weighted by molar-refractivity contribution is -0.121. The normalized spacial score (nSPS) is 12.3. The molecule has 0 saturated heterocycles. The van der Waals surface area contributed by atoms with Crippen molar-refractivity contribution in [2.75, 3.05) is 18.6 Å². The van der Waals surface area contributed by atoms with Crippen molar-refractivity contribution in [3.05, 3.63) is 76.9 Å². The quantitative estimate of drug-likeness (QED) is 0.568. The van der Waals surface area contributed by atoms with Gasteiger partial charge in [0.05, 0.1) is 12.8 Å². The molecule has 8 heteroatoms. The van der Waals surface area contributed by atoms with Crippen molar-refractivity contribution >= 4 is 29.1 Å². The number of rotatable bonds is 7. The van der Waals surface area contributed by atoms with Crippen LogP contribution >= 0.6 is 11.6 Å². The third-order valence-electron chi connectivity index (χ3n) is 5.07. The van der Waals surface area contributed by atoms with E-state index < -0.39 is 0 Å². The first-order chi connectivity index (χ1) is 15.5. The van der Waals surface area contributed by atoms with Crippen molar-refractivity contribution < 1.29 is 19.1 Å². The fourth-order valence-corrected chi connectivity index (χ4v) is 3.64. The molecule has 0 atom stereocenters. The molecule has 164 valence electrons. The monoisotopic (exact) mass is 451 g/mol. The van der Waals surface area contributed by atoms with Crippen molar-refractivity contribution in [3.63, 3.8) is 0 Å². The zero-order valence-corrected chi connectivity index (χ0v) is 18.3. The van der Waals surface area contributed by atoms with Crippen LogP contribution in [0.3, 0.4) is 0 Å². The second-order valence-corrected chi connectivity index (χ2v) is 7.70. The molecule has 0 bridgehead atoms. The molecule has 7 nitrogen and oxygen atoms in total. The van der Waals surface area contributed by atoms with E-state index in [-0.39, 0.29) is 24.1 Å². The lowest BCUT2D eigenvalue weighted by atomic mass is 10.2. The highest BCUT2D eigenvalue weighted by molar-refractivity contribution is 6.31. The van der Waals surface area contributed by atoms with Gasteiger partial charge in [0.2, 0.25) is 11.8 Å². The second-order valence-electron chi connectivity index (χ2n) is 7.26. The van der Waals surface area contributed by atoms with Crippen LogP contribution in [-0.4, -0.2) is 30.5 Å². The molecule has 0 radical (unpaired) electrons. The van der Waals surface area contributed by atoms with Gasteiger partial charge in [-0.2, -0.15) is 0 Å². The maximum atomic E-state index is 13.2. The lowest BCUT2D eigenvalue weighted by Gasteiger charge is -2.22. The minimum absolute atomic E-state index is 0.0975. The Labute approximate surface area is 190 Å². The predicted octanol–water partition coefficient (Wildman–Crippen LogP) is 4.59. The zero-order chi connectivity index (χ0) is 22.5. The Hall–Kier alpha value is -3.58. The summed E-state index contributed by atoms with van der Waals surface area (Å²) >= 11 is 6.18. The molecule has 0 spiro atoms. The largest absolute Gasteiger partial charge is 0.497 e. The molecule has 2 amide bonds. The Morgan fingerprint density at radius 1 is 1.19 bits per heavy atom. The number of halogens is 1. The number of hydrogen-bond donors (Lipinski definition) is 1. The number of methoxy groups -OCH3 is 1. The number of nitrogens with zero attached hydrogens (tertiary/aromatic N) is 2. The van der Waals surface area contributed by atoms with Gasteiger partial charge in [0.25, 0.3) is 5.91 Å². The number of carbonyl (C=O) groups is 2. The Balaban J connectivity index is 1.42. The molecule has 3 aromatic rings. The van der Waals surface area contributed by atoms with Crippen molar-refractivity contribution in [2.24, 2.45) is 0 Å². The number of carbonyl (C=O) groups excluding carboxylic acids is 2. The number of pyridine rings is 1. The summed E-state index contributed by atoms with van der Waals surface area (Å²) < 4.78 is 11.1. The van der Waals surface area contributed by atoms with Gasteiger partial charge >= 0.3 is 0 Å². The summed E-state index contributed by atoms with van der Waals surface area (Å²) in [5.74, 6) is 1.14. The molecule has 0 unspecified atom stereocenters. The van der Waals surface area contributed by atoms with Gasteiger partial charge in [0, 0.05) is 30.7 Å². The number of nitrogens with one attached hydrogen (secondary N) is 1. The molecule has 1 N–H and O–H groups in total. The smallest absolute Gasteiger partial charge is 0.263 e. The summed E-state index contributed by atoms with van der Waals surface area (Å²) in [6, 6.07) is 16.0. The standard InChI is InChI=1S/C24H22ClN3O4/c1-31-18-6-2-5-16(13-18)15-27-22(29)8-4-12-28-20-14-17(25)9-10-21(20)32-23-19(24(28)30)7-3-11-26-23/h2-3,5-7,9-11,13-14H,4,8,12,15H2,1H3,(H,27,29). The SMILES string of the molecule is COc1cccc(CNC(=O)CCCN2C(=O)c3cccnc3Oc3ccc(Cl)cc32)c1. The van der Waals surface area contributed by atoms with Crippen LogP contribution in [0.4, 0.5) is 5.69 Å². The molecule has 32 heavy (non-hydrogen) atoms. The fraction of sp³-hybridized carbons (Fsp3) is 0.208. The van der Waals surface area contributed by atoms with Crippen LogP contribution in [0.1, 0.15) is 28.8 Å². The van der Waals surface area contributed by atoms with Crippen LogP contribution < -0.4 is 19.7 Å². The molecule has 1 aromatic heterocycles. The summed E-state index contributed by atoms with van der Waals surface area (Å²) in [6.45, 7) is 0.737. The van der Waals surface area contributed by atoms with Crippen LogP contribution in [0, 0.1) is 0 Å². The third kappa shape index (κ3) is 4.84. The first-order valence-corrected chi connectivity index (χ1v) is 10.6. The minimum Gasteiger partial charge on any atom is -0.497 e. The molecular weight excluding hydrogens is 430 g/mol. The van der Waals surface area contributed by atoms with Crippen LogP contribution in [0.25, 0.3) is 0 Å².